The van der Waals surface area contributed by atoms with Crippen molar-refractivity contribution in [3.8, 4) is 0 Å². The van der Waals surface area contributed by atoms with Gasteiger partial charge in [-0.1, -0.05) is 13.3 Å². The number of thiophene rings is 1. The van der Waals surface area contributed by atoms with Gasteiger partial charge in [-0.25, -0.2) is 0 Å². The lowest BCUT2D eigenvalue weighted by molar-refractivity contribution is -0.119. The van der Waals surface area contributed by atoms with Crippen molar-refractivity contribution < 1.29 is 4.79 Å². The molecular formula is C11H16BrNOS. The van der Waals surface area contributed by atoms with Crippen LogP contribution in [0, 0.1) is 5.92 Å². The Labute approximate surface area is 103 Å². The first-order chi connectivity index (χ1) is 7.17. The van der Waals surface area contributed by atoms with E-state index in [1.54, 1.807) is 11.3 Å². The highest BCUT2D eigenvalue weighted by atomic mass is 79.9. The molecule has 1 aromatic rings. The molecule has 1 unspecified atom stereocenters. The summed E-state index contributed by atoms with van der Waals surface area (Å²) in [5, 5.41) is 1.99. The van der Waals surface area contributed by atoms with E-state index in [9.17, 15) is 4.79 Å². The summed E-state index contributed by atoms with van der Waals surface area (Å²) in [5.74, 6) is 0.631. The Morgan fingerprint density at radius 2 is 2.40 bits per heavy atom. The molecule has 84 valence electrons. The molecule has 2 nitrogen and oxygen atoms in total. The molecule has 0 aromatic carbocycles. The molecule has 0 spiro atoms. The number of carbonyl (C=O) groups is 1. The predicted octanol–water partition coefficient (Wildman–Crippen LogP) is 3.00. The Morgan fingerprint density at radius 3 is 2.87 bits per heavy atom. The SMILES string of the molecule is CCC(CN)CC(=O)Cc1sccc1Br. The predicted molar refractivity (Wildman–Crippen MR) is 68.2 cm³/mol. The van der Waals surface area contributed by atoms with Crippen LogP contribution in [0.25, 0.3) is 0 Å². The molecule has 1 aromatic heterocycles. The molecule has 1 atom stereocenters. The van der Waals surface area contributed by atoms with Gasteiger partial charge in [0.2, 0.25) is 0 Å². The fourth-order valence-electron chi connectivity index (χ4n) is 1.42. The molecule has 0 saturated heterocycles. The Balaban J connectivity index is 2.46. The van der Waals surface area contributed by atoms with Gasteiger partial charge in [-0.15, -0.1) is 11.3 Å². The van der Waals surface area contributed by atoms with Crippen LogP contribution in [0.2, 0.25) is 0 Å². The Kier molecular flexibility index (Phi) is 5.50. The summed E-state index contributed by atoms with van der Waals surface area (Å²) in [6, 6.07) is 1.98. The van der Waals surface area contributed by atoms with Gasteiger partial charge in [-0.2, -0.15) is 0 Å². The molecule has 0 bridgehead atoms. The van der Waals surface area contributed by atoms with Gasteiger partial charge in [0, 0.05) is 22.2 Å². The highest BCUT2D eigenvalue weighted by molar-refractivity contribution is 9.10. The molecule has 4 heteroatoms. The number of carbonyl (C=O) groups excluding carboxylic acids is 1. The minimum absolute atomic E-state index is 0.287. The van der Waals surface area contributed by atoms with Crippen LogP contribution >= 0.6 is 27.3 Å². The third-order valence-corrected chi connectivity index (χ3v) is 4.40. The molecule has 0 aliphatic carbocycles. The largest absolute Gasteiger partial charge is 0.330 e. The van der Waals surface area contributed by atoms with E-state index in [4.69, 9.17) is 5.73 Å². The highest BCUT2D eigenvalue weighted by Gasteiger charge is 2.13. The maximum absolute atomic E-state index is 11.7. The second-order valence-corrected chi connectivity index (χ2v) is 5.48. The van der Waals surface area contributed by atoms with Crippen LogP contribution in [-0.2, 0) is 11.2 Å². The van der Waals surface area contributed by atoms with Gasteiger partial charge in [0.05, 0.1) is 0 Å². The van der Waals surface area contributed by atoms with E-state index in [1.807, 2.05) is 11.4 Å². The van der Waals surface area contributed by atoms with Crippen molar-refractivity contribution in [2.45, 2.75) is 26.2 Å². The number of rotatable bonds is 6. The summed E-state index contributed by atoms with van der Waals surface area (Å²) in [6.45, 7) is 2.68. The van der Waals surface area contributed by atoms with Gasteiger partial charge in [0.25, 0.3) is 0 Å². The smallest absolute Gasteiger partial charge is 0.138 e. The molecule has 0 aliphatic rings. The second-order valence-electron chi connectivity index (χ2n) is 3.62. The third kappa shape index (κ3) is 4.05. The molecule has 1 rings (SSSR count). The summed E-state index contributed by atoms with van der Waals surface area (Å²) in [6.07, 6.45) is 2.12. The monoisotopic (exact) mass is 289 g/mol. The van der Waals surface area contributed by atoms with E-state index in [2.05, 4.69) is 22.9 Å². The van der Waals surface area contributed by atoms with E-state index in [-0.39, 0.29) is 5.78 Å². The Morgan fingerprint density at radius 1 is 1.67 bits per heavy atom. The van der Waals surface area contributed by atoms with E-state index >= 15 is 0 Å². The third-order valence-electron chi connectivity index (χ3n) is 2.48. The summed E-state index contributed by atoms with van der Waals surface area (Å²) in [7, 11) is 0. The minimum atomic E-state index is 0.287. The zero-order valence-corrected chi connectivity index (χ0v) is 11.2. The van der Waals surface area contributed by atoms with Crippen LogP contribution in [0.5, 0.6) is 0 Å². The Hall–Kier alpha value is -0.190. The lowest BCUT2D eigenvalue weighted by atomic mass is 9.98. The summed E-state index contributed by atoms with van der Waals surface area (Å²) >= 11 is 5.05. The van der Waals surface area contributed by atoms with E-state index in [0.29, 0.717) is 25.3 Å². The maximum atomic E-state index is 11.7. The van der Waals surface area contributed by atoms with Crippen molar-refractivity contribution in [3.63, 3.8) is 0 Å². The van der Waals surface area contributed by atoms with Crippen molar-refractivity contribution >= 4 is 33.0 Å². The van der Waals surface area contributed by atoms with Crippen molar-refractivity contribution in [2.75, 3.05) is 6.54 Å². The number of Topliss-reactive ketones (excluding diaryl/α,β-unsaturated/α-hetero) is 1. The number of hydrogen-bond acceptors (Lipinski definition) is 3. The average molecular weight is 290 g/mol. The van der Waals surface area contributed by atoms with Crippen LogP contribution in [0.1, 0.15) is 24.6 Å². The van der Waals surface area contributed by atoms with Crippen LogP contribution in [0.3, 0.4) is 0 Å². The van der Waals surface area contributed by atoms with Gasteiger partial charge >= 0.3 is 0 Å². The standard InChI is InChI=1S/C11H16BrNOS/c1-2-8(7-13)5-9(14)6-11-10(12)3-4-15-11/h3-4,8H,2,5-7,13H2,1H3. The zero-order chi connectivity index (χ0) is 11.3. The molecule has 0 saturated carbocycles. The minimum Gasteiger partial charge on any atom is -0.330 e. The summed E-state index contributed by atoms with van der Waals surface area (Å²) in [4.78, 5) is 12.8. The van der Waals surface area contributed by atoms with Crippen molar-refractivity contribution in [2.24, 2.45) is 11.7 Å². The van der Waals surface area contributed by atoms with Gasteiger partial charge in [0.1, 0.15) is 5.78 Å². The first-order valence-corrected chi connectivity index (χ1v) is 6.78. The number of halogens is 1. The second kappa shape index (κ2) is 6.40. The molecule has 0 aliphatic heterocycles. The van der Waals surface area contributed by atoms with E-state index in [1.165, 1.54) is 0 Å². The first-order valence-electron chi connectivity index (χ1n) is 5.11. The van der Waals surface area contributed by atoms with Crippen LogP contribution in [-0.4, -0.2) is 12.3 Å². The average Bonchev–Trinajstić information content (AvgIpc) is 2.61. The van der Waals surface area contributed by atoms with Crippen LogP contribution in [0.15, 0.2) is 15.9 Å². The summed E-state index contributed by atoms with van der Waals surface area (Å²) in [5.41, 5.74) is 5.58. The molecule has 15 heavy (non-hydrogen) atoms. The van der Waals surface area contributed by atoms with Crippen LogP contribution in [0.4, 0.5) is 0 Å². The molecular weight excluding hydrogens is 274 g/mol. The molecule has 0 fully saturated rings. The van der Waals surface area contributed by atoms with E-state index < -0.39 is 0 Å². The highest BCUT2D eigenvalue weighted by Crippen LogP contribution is 2.24. The van der Waals surface area contributed by atoms with Gasteiger partial charge in [-0.3, -0.25) is 4.79 Å². The Bertz CT molecular complexity index is 320. The lowest BCUT2D eigenvalue weighted by Gasteiger charge is -2.10. The van der Waals surface area contributed by atoms with E-state index in [0.717, 1.165) is 15.8 Å². The normalized spacial score (nSPS) is 12.7. The number of nitrogens with two attached hydrogens (primary N) is 1. The van der Waals surface area contributed by atoms with Crippen molar-refractivity contribution in [3.05, 3.63) is 20.8 Å². The first kappa shape index (κ1) is 12.9. The lowest BCUT2D eigenvalue weighted by Crippen LogP contribution is -2.18. The van der Waals surface area contributed by atoms with Gasteiger partial charge in [-0.05, 0) is 39.8 Å². The van der Waals surface area contributed by atoms with Gasteiger partial charge < -0.3 is 5.73 Å². The number of hydrogen-bond donors (Lipinski definition) is 1. The van der Waals surface area contributed by atoms with Gasteiger partial charge in [0.15, 0.2) is 0 Å². The fraction of sp³-hybridized carbons (Fsp3) is 0.545. The zero-order valence-electron chi connectivity index (χ0n) is 8.83. The molecule has 0 radical (unpaired) electrons. The maximum Gasteiger partial charge on any atom is 0.138 e. The fourth-order valence-corrected chi connectivity index (χ4v) is 2.94. The van der Waals surface area contributed by atoms with Crippen molar-refractivity contribution in [1.29, 1.82) is 0 Å². The molecule has 1 heterocycles. The van der Waals surface area contributed by atoms with Crippen molar-refractivity contribution in [1.82, 2.24) is 0 Å². The summed E-state index contributed by atoms with van der Waals surface area (Å²) < 4.78 is 1.04. The number of ketones is 1. The topological polar surface area (TPSA) is 43.1 Å². The molecule has 0 amide bonds. The van der Waals surface area contributed by atoms with Crippen LogP contribution < -0.4 is 5.73 Å². The quantitative estimate of drug-likeness (QED) is 0.875. The molecule has 2 N–H and O–H groups in total.